The zero-order chi connectivity index (χ0) is 23.3. The van der Waals surface area contributed by atoms with Crippen LogP contribution in [-0.2, 0) is 11.8 Å². The van der Waals surface area contributed by atoms with Crippen LogP contribution in [0.15, 0.2) is 115 Å². The van der Waals surface area contributed by atoms with Crippen LogP contribution in [0.25, 0.3) is 5.57 Å². The van der Waals surface area contributed by atoms with E-state index in [1.807, 2.05) is 6.08 Å². The van der Waals surface area contributed by atoms with Crippen LogP contribution in [-0.4, -0.2) is 0 Å². The highest BCUT2D eigenvalue weighted by atomic mass is 14.5. The molecule has 0 heterocycles. The molecule has 3 aromatic carbocycles. The number of hydrogen-bond acceptors (Lipinski definition) is 0. The summed E-state index contributed by atoms with van der Waals surface area (Å²) in [4.78, 5) is 0. The molecule has 0 aliphatic heterocycles. The maximum absolute atomic E-state index is 3.98. The SMILES string of the molecule is C=C/C=C\C1=C(Cc2ccc(C)cc2)c2ccc(C)cc2C1(CC/C=C\C)c1ccccc1. The number of hydrogen-bond donors (Lipinski definition) is 0. The van der Waals surface area contributed by atoms with Crippen LogP contribution < -0.4 is 0 Å². The summed E-state index contributed by atoms with van der Waals surface area (Å²) in [5, 5.41) is 0. The van der Waals surface area contributed by atoms with Crippen molar-refractivity contribution in [3.05, 3.63) is 149 Å². The number of aryl methyl sites for hydroxylation is 2. The van der Waals surface area contributed by atoms with Crippen LogP contribution in [0.3, 0.4) is 0 Å². The molecule has 0 N–H and O–H groups in total. The Balaban J connectivity index is 2.01. The van der Waals surface area contributed by atoms with Gasteiger partial charge >= 0.3 is 0 Å². The van der Waals surface area contributed by atoms with Crippen molar-refractivity contribution in [1.82, 2.24) is 0 Å². The fourth-order valence-corrected chi connectivity index (χ4v) is 5.24. The fraction of sp³-hybridized carbons (Fsp3) is 0.212. The quantitative estimate of drug-likeness (QED) is 0.248. The standard InChI is InChI=1S/C33H34/c1-5-7-12-22-33(28-13-10-9-11-14-28)31(15-8-6-2)30(24-27-19-16-25(3)17-20-27)29-21-18-26(4)23-32(29)33/h5-11,13-21,23H,2,12,22,24H2,1,3-4H3/b7-5-,15-8-. The van der Waals surface area contributed by atoms with Crippen LogP contribution in [0.5, 0.6) is 0 Å². The van der Waals surface area contributed by atoms with E-state index in [0.29, 0.717) is 0 Å². The molecular weight excluding hydrogens is 396 g/mol. The van der Waals surface area contributed by atoms with Crippen LogP contribution in [0.2, 0.25) is 0 Å². The molecule has 1 atom stereocenters. The minimum absolute atomic E-state index is 0.179. The predicted molar refractivity (Wildman–Crippen MR) is 144 cm³/mol. The second kappa shape index (κ2) is 10.0. The van der Waals surface area contributed by atoms with Gasteiger partial charge in [-0.15, -0.1) is 0 Å². The van der Waals surface area contributed by atoms with Crippen molar-refractivity contribution in [2.75, 3.05) is 0 Å². The summed E-state index contributed by atoms with van der Waals surface area (Å²) in [5.41, 5.74) is 10.8. The molecule has 0 heteroatoms. The molecule has 0 radical (unpaired) electrons. The minimum Gasteiger partial charge on any atom is -0.0991 e. The third kappa shape index (κ3) is 4.44. The summed E-state index contributed by atoms with van der Waals surface area (Å²) < 4.78 is 0. The monoisotopic (exact) mass is 430 g/mol. The normalized spacial score (nSPS) is 17.8. The van der Waals surface area contributed by atoms with Gasteiger partial charge < -0.3 is 0 Å². The lowest BCUT2D eigenvalue weighted by molar-refractivity contribution is 0.574. The van der Waals surface area contributed by atoms with Gasteiger partial charge in [-0.1, -0.05) is 121 Å². The number of allylic oxidation sites excluding steroid dienone is 7. The summed E-state index contributed by atoms with van der Waals surface area (Å²) in [5.74, 6) is 0. The maximum Gasteiger partial charge on any atom is 0.0463 e. The summed E-state index contributed by atoms with van der Waals surface area (Å²) in [6, 6.07) is 27.1. The third-order valence-corrected chi connectivity index (χ3v) is 6.83. The van der Waals surface area contributed by atoms with Crippen molar-refractivity contribution in [2.45, 2.75) is 45.4 Å². The first-order valence-corrected chi connectivity index (χ1v) is 12.0. The smallest absolute Gasteiger partial charge is 0.0463 e. The van der Waals surface area contributed by atoms with E-state index in [4.69, 9.17) is 0 Å². The van der Waals surface area contributed by atoms with Gasteiger partial charge in [0.25, 0.3) is 0 Å². The van der Waals surface area contributed by atoms with Gasteiger partial charge in [-0.05, 0) is 73.4 Å². The molecule has 0 saturated heterocycles. The van der Waals surface area contributed by atoms with Gasteiger partial charge in [-0.2, -0.15) is 0 Å². The van der Waals surface area contributed by atoms with Crippen molar-refractivity contribution < 1.29 is 0 Å². The number of rotatable bonds is 8. The van der Waals surface area contributed by atoms with Gasteiger partial charge in [0, 0.05) is 5.41 Å². The van der Waals surface area contributed by atoms with Crippen molar-refractivity contribution in [2.24, 2.45) is 0 Å². The first kappa shape index (κ1) is 22.8. The van der Waals surface area contributed by atoms with Crippen molar-refractivity contribution >= 4 is 5.57 Å². The fourth-order valence-electron chi connectivity index (χ4n) is 5.24. The van der Waals surface area contributed by atoms with Gasteiger partial charge in [0.05, 0.1) is 0 Å². The predicted octanol–water partition coefficient (Wildman–Crippen LogP) is 8.70. The van der Waals surface area contributed by atoms with Gasteiger partial charge in [0.2, 0.25) is 0 Å². The average Bonchev–Trinajstić information content (AvgIpc) is 3.08. The molecule has 0 aromatic heterocycles. The molecule has 1 aliphatic carbocycles. The molecule has 1 aliphatic rings. The molecule has 3 aromatic rings. The van der Waals surface area contributed by atoms with Crippen molar-refractivity contribution in [3.63, 3.8) is 0 Å². The zero-order valence-electron chi connectivity index (χ0n) is 20.1. The molecule has 166 valence electrons. The van der Waals surface area contributed by atoms with Gasteiger partial charge in [0.1, 0.15) is 0 Å². The molecule has 1 unspecified atom stereocenters. The van der Waals surface area contributed by atoms with Crippen LogP contribution in [0, 0.1) is 13.8 Å². The van der Waals surface area contributed by atoms with E-state index in [9.17, 15) is 0 Å². The first-order valence-electron chi connectivity index (χ1n) is 12.0. The molecule has 0 spiro atoms. The number of fused-ring (bicyclic) bond motifs is 1. The Kier molecular flexibility index (Phi) is 6.94. The Hall–Kier alpha value is -3.38. The molecule has 0 fully saturated rings. The summed E-state index contributed by atoms with van der Waals surface area (Å²) in [7, 11) is 0. The molecule has 0 nitrogen and oxygen atoms in total. The van der Waals surface area contributed by atoms with E-state index in [0.717, 1.165) is 19.3 Å². The van der Waals surface area contributed by atoms with E-state index >= 15 is 0 Å². The highest BCUT2D eigenvalue weighted by Crippen LogP contribution is 2.54. The van der Waals surface area contributed by atoms with E-state index in [2.05, 4.69) is 124 Å². The lowest BCUT2D eigenvalue weighted by Crippen LogP contribution is -2.28. The molecular formula is C33H34. The summed E-state index contributed by atoms with van der Waals surface area (Å²) in [6.45, 7) is 10.4. The Morgan fingerprint density at radius 3 is 2.30 bits per heavy atom. The average molecular weight is 431 g/mol. The molecule has 0 bridgehead atoms. The van der Waals surface area contributed by atoms with E-state index in [1.165, 1.54) is 44.5 Å². The Morgan fingerprint density at radius 1 is 0.879 bits per heavy atom. The summed E-state index contributed by atoms with van der Waals surface area (Å²) >= 11 is 0. The van der Waals surface area contributed by atoms with Crippen LogP contribution in [0.1, 0.15) is 53.1 Å². The summed E-state index contributed by atoms with van der Waals surface area (Å²) in [6.07, 6.45) is 13.8. The highest BCUT2D eigenvalue weighted by Gasteiger charge is 2.44. The Labute approximate surface area is 199 Å². The topological polar surface area (TPSA) is 0 Å². The largest absolute Gasteiger partial charge is 0.0991 e. The second-order valence-corrected chi connectivity index (χ2v) is 9.08. The minimum atomic E-state index is -0.179. The van der Waals surface area contributed by atoms with Gasteiger partial charge in [-0.3, -0.25) is 0 Å². The molecule has 0 saturated carbocycles. The van der Waals surface area contributed by atoms with Crippen molar-refractivity contribution in [3.8, 4) is 0 Å². The lowest BCUT2D eigenvalue weighted by Gasteiger charge is -2.34. The van der Waals surface area contributed by atoms with Crippen LogP contribution in [0.4, 0.5) is 0 Å². The highest BCUT2D eigenvalue weighted by molar-refractivity contribution is 5.86. The Morgan fingerprint density at radius 2 is 1.61 bits per heavy atom. The van der Waals surface area contributed by atoms with E-state index < -0.39 is 0 Å². The van der Waals surface area contributed by atoms with Crippen molar-refractivity contribution in [1.29, 1.82) is 0 Å². The Bertz CT molecular complexity index is 1200. The number of benzene rings is 3. The van der Waals surface area contributed by atoms with Crippen LogP contribution >= 0.6 is 0 Å². The third-order valence-electron chi connectivity index (χ3n) is 6.83. The molecule has 33 heavy (non-hydrogen) atoms. The first-order chi connectivity index (χ1) is 16.1. The lowest BCUT2D eigenvalue weighted by atomic mass is 9.68. The van der Waals surface area contributed by atoms with E-state index in [-0.39, 0.29) is 5.41 Å². The van der Waals surface area contributed by atoms with E-state index in [1.54, 1.807) is 0 Å². The van der Waals surface area contributed by atoms with Gasteiger partial charge in [0.15, 0.2) is 0 Å². The molecule has 0 amide bonds. The maximum atomic E-state index is 3.98. The second-order valence-electron chi connectivity index (χ2n) is 9.08. The zero-order valence-corrected chi connectivity index (χ0v) is 20.1. The molecule has 4 rings (SSSR count). The van der Waals surface area contributed by atoms with Gasteiger partial charge in [-0.25, -0.2) is 0 Å².